The lowest BCUT2D eigenvalue weighted by Gasteiger charge is -2.01. The highest BCUT2D eigenvalue weighted by Crippen LogP contribution is 2.17. The fourth-order valence-electron chi connectivity index (χ4n) is 0.839. The predicted octanol–water partition coefficient (Wildman–Crippen LogP) is 1.84. The topological polar surface area (TPSA) is 51.5 Å². The van der Waals surface area contributed by atoms with E-state index in [0.29, 0.717) is 17.3 Å². The fraction of sp³-hybridized carbons (Fsp3) is 0.444. The molecule has 5 heteroatoms. The van der Waals surface area contributed by atoms with E-state index in [4.69, 9.17) is 4.74 Å². The first kappa shape index (κ1) is 11.0. The van der Waals surface area contributed by atoms with Gasteiger partial charge in [0.2, 0.25) is 0 Å². The first-order valence-electron chi connectivity index (χ1n) is 4.27. The minimum atomic E-state index is -2.14. The molecule has 0 aliphatic carbocycles. The molecule has 0 saturated heterocycles. The van der Waals surface area contributed by atoms with Crippen LogP contribution >= 0.6 is 0 Å². The second-order valence-corrected chi connectivity index (χ2v) is 5.57. The summed E-state index contributed by atoms with van der Waals surface area (Å²) >= 11 is 0. The maximum Gasteiger partial charge on any atom is 0.165 e. The molecule has 0 N–H and O–H groups in total. The van der Waals surface area contributed by atoms with E-state index >= 15 is 0 Å². The van der Waals surface area contributed by atoms with Crippen molar-refractivity contribution in [1.29, 1.82) is 0 Å². The van der Waals surface area contributed by atoms with Gasteiger partial charge in [0.1, 0.15) is 5.75 Å². The molecule has 14 heavy (non-hydrogen) atoms. The van der Waals surface area contributed by atoms with Gasteiger partial charge in [-0.3, -0.25) is 0 Å². The first-order chi connectivity index (χ1) is 6.57. The van der Waals surface area contributed by atoms with Crippen molar-refractivity contribution in [3.8, 4) is 5.75 Å². The first-order valence-corrected chi connectivity index (χ1v) is 6.36. The van der Waals surface area contributed by atoms with Crippen LogP contribution in [0.1, 0.15) is 6.92 Å². The smallest absolute Gasteiger partial charge is 0.165 e. The fourth-order valence-corrected chi connectivity index (χ4v) is 1.46. The summed E-state index contributed by atoms with van der Waals surface area (Å²) in [7, 11) is -0.569. The second-order valence-electron chi connectivity index (χ2n) is 2.89. The zero-order chi connectivity index (χ0) is 10.6. The standard InChI is InChI=1S/C9H14N2O2S/c1-4-14(3,12)11-9-7-8(13-2)5-6-10-9/h5-7H,4H2,1-3H3. The third-order valence-corrected chi connectivity index (χ3v) is 3.42. The summed E-state index contributed by atoms with van der Waals surface area (Å²) in [5.41, 5.74) is 0. The molecule has 0 saturated carbocycles. The van der Waals surface area contributed by atoms with Crippen LogP contribution in [-0.2, 0) is 9.73 Å². The van der Waals surface area contributed by atoms with Gasteiger partial charge >= 0.3 is 0 Å². The van der Waals surface area contributed by atoms with Gasteiger partial charge in [-0.05, 0) is 6.07 Å². The van der Waals surface area contributed by atoms with E-state index in [1.54, 1.807) is 31.7 Å². The van der Waals surface area contributed by atoms with Crippen LogP contribution in [0.5, 0.6) is 5.75 Å². The van der Waals surface area contributed by atoms with Gasteiger partial charge in [0.15, 0.2) is 5.82 Å². The Morgan fingerprint density at radius 2 is 2.36 bits per heavy atom. The Kier molecular flexibility index (Phi) is 3.46. The summed E-state index contributed by atoms with van der Waals surface area (Å²) in [5.74, 6) is 1.65. The van der Waals surface area contributed by atoms with Crippen molar-refractivity contribution in [2.24, 2.45) is 4.36 Å². The largest absolute Gasteiger partial charge is 0.497 e. The molecule has 0 radical (unpaired) electrons. The molecule has 1 aromatic rings. The van der Waals surface area contributed by atoms with Crippen LogP contribution in [0.2, 0.25) is 0 Å². The van der Waals surface area contributed by atoms with Crippen molar-refractivity contribution in [3.05, 3.63) is 18.3 Å². The average molecular weight is 214 g/mol. The normalized spacial score (nSPS) is 14.5. The molecule has 0 fully saturated rings. The van der Waals surface area contributed by atoms with Gasteiger partial charge in [0, 0.05) is 24.3 Å². The summed E-state index contributed by atoms with van der Waals surface area (Å²) in [6.45, 7) is 1.84. The van der Waals surface area contributed by atoms with Crippen LogP contribution in [0.4, 0.5) is 5.82 Å². The minimum Gasteiger partial charge on any atom is -0.497 e. The van der Waals surface area contributed by atoms with Gasteiger partial charge in [-0.1, -0.05) is 6.92 Å². The Balaban J connectivity index is 3.09. The lowest BCUT2D eigenvalue weighted by molar-refractivity contribution is 0.414. The van der Waals surface area contributed by atoms with Crippen LogP contribution < -0.4 is 4.74 Å². The summed E-state index contributed by atoms with van der Waals surface area (Å²) < 4.78 is 20.7. The number of rotatable bonds is 3. The molecule has 0 bridgehead atoms. The third-order valence-electron chi connectivity index (χ3n) is 1.77. The van der Waals surface area contributed by atoms with E-state index in [0.717, 1.165) is 0 Å². The number of methoxy groups -OCH3 is 1. The lowest BCUT2D eigenvalue weighted by atomic mass is 10.4. The molecule has 1 rings (SSSR count). The van der Waals surface area contributed by atoms with E-state index in [9.17, 15) is 4.21 Å². The zero-order valence-corrected chi connectivity index (χ0v) is 9.37. The number of hydrogen-bond acceptors (Lipinski definition) is 4. The molecule has 1 aromatic heterocycles. The molecule has 0 aliphatic rings. The van der Waals surface area contributed by atoms with Crippen molar-refractivity contribution >= 4 is 15.5 Å². The molecule has 0 aromatic carbocycles. The molecule has 4 nitrogen and oxygen atoms in total. The van der Waals surface area contributed by atoms with Crippen molar-refractivity contribution in [3.63, 3.8) is 0 Å². The lowest BCUT2D eigenvalue weighted by Crippen LogP contribution is -1.98. The van der Waals surface area contributed by atoms with Gasteiger partial charge in [0.05, 0.1) is 16.8 Å². The van der Waals surface area contributed by atoms with Crippen LogP contribution in [-0.4, -0.2) is 28.3 Å². The Morgan fingerprint density at radius 3 is 2.93 bits per heavy atom. The monoisotopic (exact) mass is 214 g/mol. The third kappa shape index (κ3) is 2.99. The molecule has 0 spiro atoms. The summed E-state index contributed by atoms with van der Waals surface area (Å²) in [4.78, 5) is 3.99. The number of pyridine rings is 1. The van der Waals surface area contributed by atoms with Crippen molar-refractivity contribution in [1.82, 2.24) is 4.98 Å². The summed E-state index contributed by atoms with van der Waals surface area (Å²) in [6.07, 6.45) is 3.21. The van der Waals surface area contributed by atoms with Gasteiger partial charge < -0.3 is 4.74 Å². The number of ether oxygens (including phenoxy) is 1. The zero-order valence-electron chi connectivity index (χ0n) is 8.56. The minimum absolute atomic E-state index is 0.457. The highest BCUT2D eigenvalue weighted by Gasteiger charge is 2.00. The van der Waals surface area contributed by atoms with E-state index in [-0.39, 0.29) is 0 Å². The summed E-state index contributed by atoms with van der Waals surface area (Å²) in [5, 5.41) is 0. The van der Waals surface area contributed by atoms with Crippen molar-refractivity contribution in [2.75, 3.05) is 19.1 Å². The van der Waals surface area contributed by atoms with Crippen LogP contribution in [0.15, 0.2) is 22.7 Å². The Bertz CT molecular complexity index is 423. The number of hydrogen-bond donors (Lipinski definition) is 0. The maximum absolute atomic E-state index is 11.7. The number of nitrogens with zero attached hydrogens (tertiary/aromatic N) is 2. The van der Waals surface area contributed by atoms with Crippen molar-refractivity contribution < 1.29 is 8.95 Å². The predicted molar refractivity (Wildman–Crippen MR) is 57.5 cm³/mol. The Hall–Kier alpha value is -1.10. The summed E-state index contributed by atoms with van der Waals surface area (Å²) in [6, 6.07) is 3.39. The molecule has 0 aliphatic heterocycles. The molecule has 1 unspecified atom stereocenters. The molecular weight excluding hydrogens is 200 g/mol. The van der Waals surface area contributed by atoms with Gasteiger partial charge in [-0.15, -0.1) is 0 Å². The van der Waals surface area contributed by atoms with E-state index in [1.165, 1.54) is 0 Å². The average Bonchev–Trinajstić information content (AvgIpc) is 2.17. The SMILES string of the molecule is CCS(C)(=O)=Nc1cc(OC)ccn1. The molecular formula is C9H14N2O2S. The molecule has 1 atom stereocenters. The molecule has 78 valence electrons. The van der Waals surface area contributed by atoms with Gasteiger partial charge in [-0.2, -0.15) is 4.36 Å². The maximum atomic E-state index is 11.7. The van der Waals surface area contributed by atoms with Crippen LogP contribution in [0.3, 0.4) is 0 Å². The Morgan fingerprint density at radius 1 is 1.64 bits per heavy atom. The van der Waals surface area contributed by atoms with Crippen LogP contribution in [0, 0.1) is 0 Å². The van der Waals surface area contributed by atoms with Gasteiger partial charge in [-0.25, -0.2) is 9.19 Å². The van der Waals surface area contributed by atoms with E-state index in [2.05, 4.69) is 9.35 Å². The highest BCUT2D eigenvalue weighted by atomic mass is 32.2. The van der Waals surface area contributed by atoms with Gasteiger partial charge in [0.25, 0.3) is 0 Å². The Labute approximate surface area is 84.5 Å². The van der Waals surface area contributed by atoms with Crippen LogP contribution in [0.25, 0.3) is 0 Å². The van der Waals surface area contributed by atoms with E-state index < -0.39 is 9.73 Å². The molecule has 1 heterocycles. The molecule has 0 amide bonds. The number of aromatic nitrogens is 1. The highest BCUT2D eigenvalue weighted by molar-refractivity contribution is 7.93. The van der Waals surface area contributed by atoms with Crippen molar-refractivity contribution in [2.45, 2.75) is 6.92 Å². The quantitative estimate of drug-likeness (QED) is 0.771. The van der Waals surface area contributed by atoms with E-state index in [1.807, 2.05) is 6.92 Å². The second kappa shape index (κ2) is 4.41.